The minimum atomic E-state index is -3.95. The second-order valence-corrected chi connectivity index (χ2v) is 8.61. The van der Waals surface area contributed by atoms with Crippen LogP contribution in [-0.2, 0) is 14.8 Å². The highest BCUT2D eigenvalue weighted by molar-refractivity contribution is 9.10. The van der Waals surface area contributed by atoms with Gasteiger partial charge in [-0.1, -0.05) is 29.8 Å². The molecule has 25 heavy (non-hydrogen) atoms. The molecule has 2 aromatic rings. The molecule has 5 nitrogen and oxygen atoms in total. The summed E-state index contributed by atoms with van der Waals surface area (Å²) in [6.45, 7) is 5.36. The zero-order valence-electron chi connectivity index (χ0n) is 13.5. The minimum Gasteiger partial charge on any atom is -0.363 e. The van der Waals surface area contributed by atoms with Crippen molar-refractivity contribution in [2.45, 2.75) is 11.8 Å². The zero-order valence-corrected chi connectivity index (χ0v) is 17.4. The number of halogens is 3. The normalized spacial score (nSPS) is 11.4. The summed E-state index contributed by atoms with van der Waals surface area (Å²) in [6.07, 6.45) is 1.41. The van der Waals surface area contributed by atoms with Crippen LogP contribution in [0.2, 0.25) is 10.0 Å². The fourth-order valence-electron chi connectivity index (χ4n) is 2.09. The quantitative estimate of drug-likeness (QED) is 0.445. The van der Waals surface area contributed by atoms with Crippen LogP contribution in [0.15, 0.2) is 46.5 Å². The van der Waals surface area contributed by atoms with E-state index in [0.717, 1.165) is 4.31 Å². The Labute approximate surface area is 165 Å². The number of pyridine rings is 1. The first-order valence-electron chi connectivity index (χ1n) is 6.96. The first-order valence-corrected chi connectivity index (χ1v) is 9.95. The fraction of sp³-hybridized carbons (Fsp3) is 0.188. The fourth-order valence-corrected chi connectivity index (χ4v) is 4.47. The first kappa shape index (κ1) is 20.2. The molecule has 1 aromatic heterocycles. The molecule has 0 amide bonds. The summed E-state index contributed by atoms with van der Waals surface area (Å²) in [5.41, 5.74) is 1.48. The molecular weight excluding hydrogens is 451 g/mol. The molecule has 0 unspecified atom stereocenters. The maximum Gasteiger partial charge on any atom is 0.266 e. The van der Waals surface area contributed by atoms with Crippen LogP contribution in [0.4, 0.5) is 5.69 Å². The van der Waals surface area contributed by atoms with E-state index in [1.165, 1.54) is 37.6 Å². The molecule has 0 spiro atoms. The van der Waals surface area contributed by atoms with Gasteiger partial charge in [0.05, 0.1) is 15.6 Å². The van der Waals surface area contributed by atoms with E-state index in [4.69, 9.17) is 27.9 Å². The molecule has 0 saturated carbocycles. The van der Waals surface area contributed by atoms with Crippen molar-refractivity contribution in [3.63, 3.8) is 0 Å². The van der Waals surface area contributed by atoms with Crippen LogP contribution in [0, 0.1) is 0 Å². The third kappa shape index (κ3) is 4.35. The largest absolute Gasteiger partial charge is 0.363 e. The summed E-state index contributed by atoms with van der Waals surface area (Å²) in [7, 11) is -2.55. The van der Waals surface area contributed by atoms with Gasteiger partial charge in [-0.05, 0) is 58.3 Å². The molecule has 2 rings (SSSR count). The van der Waals surface area contributed by atoms with E-state index in [2.05, 4.69) is 27.5 Å². The molecule has 0 atom stereocenters. The lowest BCUT2D eigenvalue weighted by Gasteiger charge is -2.24. The monoisotopic (exact) mass is 464 g/mol. The zero-order chi connectivity index (χ0) is 18.8. The Hall–Kier alpha value is -1.12. The number of methoxy groups -OCH3 is 1. The predicted molar refractivity (Wildman–Crippen MR) is 105 cm³/mol. The highest BCUT2D eigenvalue weighted by Gasteiger charge is 2.28. The van der Waals surface area contributed by atoms with E-state index < -0.39 is 10.0 Å². The number of aromatic nitrogens is 1. The predicted octanol–water partition coefficient (Wildman–Crippen LogP) is 4.98. The Morgan fingerprint density at radius 3 is 2.64 bits per heavy atom. The minimum absolute atomic E-state index is 0.0545. The summed E-state index contributed by atoms with van der Waals surface area (Å²) >= 11 is 15.3. The maximum absolute atomic E-state index is 13.2. The molecule has 0 aliphatic rings. The second kappa shape index (κ2) is 8.05. The van der Waals surface area contributed by atoms with Crippen LogP contribution in [-0.4, -0.2) is 27.2 Å². The van der Waals surface area contributed by atoms with Crippen LogP contribution in [0.1, 0.15) is 12.5 Å². The van der Waals surface area contributed by atoms with Gasteiger partial charge in [-0.3, -0.25) is 0 Å². The number of hydrogen-bond acceptors (Lipinski definition) is 4. The molecule has 1 aromatic carbocycles. The van der Waals surface area contributed by atoms with E-state index in [-0.39, 0.29) is 17.3 Å². The summed E-state index contributed by atoms with van der Waals surface area (Å²) < 4.78 is 32.8. The molecule has 0 N–H and O–H groups in total. The van der Waals surface area contributed by atoms with Gasteiger partial charge in [0, 0.05) is 18.3 Å². The summed E-state index contributed by atoms with van der Waals surface area (Å²) in [5, 5.41) is 0.726. The lowest BCUT2D eigenvalue weighted by atomic mass is 10.1. The van der Waals surface area contributed by atoms with Crippen molar-refractivity contribution in [3.05, 3.63) is 57.3 Å². The highest BCUT2D eigenvalue weighted by Crippen LogP contribution is 2.33. The number of hydrogen-bond donors (Lipinski definition) is 0. The van der Waals surface area contributed by atoms with Gasteiger partial charge >= 0.3 is 0 Å². The molecule has 0 fully saturated rings. The van der Waals surface area contributed by atoms with Crippen LogP contribution in [0.3, 0.4) is 0 Å². The lowest BCUT2D eigenvalue weighted by molar-refractivity contribution is 0.209. The number of benzene rings is 1. The maximum atomic E-state index is 13.2. The Kier molecular flexibility index (Phi) is 6.51. The molecule has 0 aliphatic carbocycles. The average Bonchev–Trinajstić information content (AvgIpc) is 2.55. The van der Waals surface area contributed by atoms with Crippen molar-refractivity contribution in [2.24, 2.45) is 0 Å². The van der Waals surface area contributed by atoms with Gasteiger partial charge < -0.3 is 4.74 Å². The summed E-state index contributed by atoms with van der Waals surface area (Å²) in [4.78, 5) is 4.09. The van der Waals surface area contributed by atoms with Gasteiger partial charge in [0.1, 0.15) is 11.3 Å². The topological polar surface area (TPSA) is 59.5 Å². The van der Waals surface area contributed by atoms with E-state index in [9.17, 15) is 8.42 Å². The molecule has 0 bridgehead atoms. The first-order chi connectivity index (χ1) is 11.7. The van der Waals surface area contributed by atoms with Crippen molar-refractivity contribution < 1.29 is 13.2 Å². The van der Waals surface area contributed by atoms with Gasteiger partial charge in [-0.25, -0.2) is 17.7 Å². The van der Waals surface area contributed by atoms with E-state index in [1.54, 1.807) is 6.92 Å². The van der Waals surface area contributed by atoms with Gasteiger partial charge in [-0.15, -0.1) is 0 Å². The molecule has 9 heteroatoms. The number of nitrogens with zero attached hydrogens (tertiary/aromatic N) is 2. The summed E-state index contributed by atoms with van der Waals surface area (Å²) in [6, 6.07) is 5.92. The number of sulfonamides is 1. The van der Waals surface area contributed by atoms with Crippen molar-refractivity contribution >= 4 is 60.4 Å². The number of rotatable bonds is 6. The number of anilines is 1. The van der Waals surface area contributed by atoms with Crippen LogP contribution >= 0.6 is 39.1 Å². The SMILES string of the molecule is C=C(C)c1cc(S(=O)(=O)N(COC)c2cc(Cl)cnc2Br)ccc1Cl. The Morgan fingerprint density at radius 2 is 2.04 bits per heavy atom. The Morgan fingerprint density at radius 1 is 1.36 bits per heavy atom. The molecule has 134 valence electrons. The van der Waals surface area contributed by atoms with Crippen molar-refractivity contribution in [1.82, 2.24) is 4.98 Å². The van der Waals surface area contributed by atoms with Crippen LogP contribution in [0.5, 0.6) is 0 Å². The Bertz CT molecular complexity index is 920. The van der Waals surface area contributed by atoms with Gasteiger partial charge in [0.25, 0.3) is 10.0 Å². The van der Waals surface area contributed by atoms with E-state index in [0.29, 0.717) is 25.8 Å². The molecule has 1 heterocycles. The van der Waals surface area contributed by atoms with Gasteiger partial charge in [-0.2, -0.15) is 0 Å². The molecule has 0 aliphatic heterocycles. The third-order valence-electron chi connectivity index (χ3n) is 3.29. The summed E-state index contributed by atoms with van der Waals surface area (Å²) in [5.74, 6) is 0. The standard InChI is InChI=1S/C16H15BrCl2N2O3S/c1-10(2)13-7-12(4-5-14(13)19)25(22,23)21(9-24-3)15-6-11(18)8-20-16(15)17/h4-8H,1,9H2,2-3H3. The molecule has 0 radical (unpaired) electrons. The van der Waals surface area contributed by atoms with E-state index >= 15 is 0 Å². The highest BCUT2D eigenvalue weighted by atomic mass is 79.9. The number of allylic oxidation sites excluding steroid dienone is 1. The molecule has 0 saturated heterocycles. The molecular formula is C16H15BrCl2N2O3S. The van der Waals surface area contributed by atoms with Crippen molar-refractivity contribution in [3.8, 4) is 0 Å². The van der Waals surface area contributed by atoms with Crippen molar-refractivity contribution in [1.29, 1.82) is 0 Å². The van der Waals surface area contributed by atoms with E-state index in [1.807, 2.05) is 0 Å². The van der Waals surface area contributed by atoms with Crippen LogP contribution < -0.4 is 4.31 Å². The smallest absolute Gasteiger partial charge is 0.266 e. The lowest BCUT2D eigenvalue weighted by Crippen LogP contribution is -2.33. The average molecular weight is 466 g/mol. The van der Waals surface area contributed by atoms with Gasteiger partial charge in [0.15, 0.2) is 0 Å². The van der Waals surface area contributed by atoms with Crippen molar-refractivity contribution in [2.75, 3.05) is 18.1 Å². The van der Waals surface area contributed by atoms with Gasteiger partial charge in [0.2, 0.25) is 0 Å². The van der Waals surface area contributed by atoms with Crippen LogP contribution in [0.25, 0.3) is 5.57 Å². The third-order valence-corrected chi connectivity index (χ3v) is 6.17. The number of ether oxygens (including phenoxy) is 1. The Balaban J connectivity index is 2.63. The second-order valence-electron chi connectivity index (χ2n) is 5.16.